The van der Waals surface area contributed by atoms with Crippen LogP contribution < -0.4 is 4.72 Å². The van der Waals surface area contributed by atoms with Crippen molar-refractivity contribution in [3.63, 3.8) is 0 Å². The van der Waals surface area contributed by atoms with Crippen molar-refractivity contribution in [2.75, 3.05) is 7.05 Å². The number of nitrogens with zero attached hydrogens (tertiary/aromatic N) is 1. The normalized spacial score (nSPS) is 14.2. The molecular weight excluding hydrogens is 407 g/mol. The minimum absolute atomic E-state index is 0.00810. The fourth-order valence-electron chi connectivity index (χ4n) is 2.70. The molecule has 0 atom stereocenters. The molecule has 1 N–H and O–H groups in total. The minimum atomic E-state index is -3.80. The van der Waals surface area contributed by atoms with E-state index in [4.69, 9.17) is 23.2 Å². The van der Waals surface area contributed by atoms with Gasteiger partial charge in [0.1, 0.15) is 4.90 Å². The Morgan fingerprint density at radius 3 is 2.48 bits per heavy atom. The van der Waals surface area contributed by atoms with Gasteiger partial charge in [0.15, 0.2) is 0 Å². The number of benzene rings is 2. The molecule has 0 aliphatic heterocycles. The maximum absolute atomic E-state index is 12.9. The van der Waals surface area contributed by atoms with Gasteiger partial charge in [-0.3, -0.25) is 4.79 Å². The van der Waals surface area contributed by atoms with Gasteiger partial charge in [0.25, 0.3) is 5.91 Å². The second kappa shape index (κ2) is 7.80. The van der Waals surface area contributed by atoms with Crippen LogP contribution in [0.1, 0.15) is 34.3 Å². The highest BCUT2D eigenvalue weighted by atomic mass is 35.5. The van der Waals surface area contributed by atoms with E-state index in [1.165, 1.54) is 17.0 Å². The van der Waals surface area contributed by atoms with Crippen LogP contribution in [0.3, 0.4) is 0 Å². The Balaban J connectivity index is 1.90. The predicted octanol–water partition coefficient (Wildman–Crippen LogP) is 4.01. The number of amides is 1. The van der Waals surface area contributed by atoms with Crippen LogP contribution >= 0.6 is 23.2 Å². The van der Waals surface area contributed by atoms with Gasteiger partial charge in [0, 0.05) is 19.6 Å². The van der Waals surface area contributed by atoms with Gasteiger partial charge in [-0.05, 0) is 43.0 Å². The van der Waals surface area contributed by atoms with E-state index in [1.807, 2.05) is 31.2 Å². The van der Waals surface area contributed by atoms with Gasteiger partial charge >= 0.3 is 0 Å². The standard InChI is InChI=1S/C19H20Cl2N2O3S/c1-12-5-3-4-6-13(12)11-23(2)19(24)15-9-18(17(21)10-16(15)20)27(25,26)22-14-7-8-14/h3-6,9-10,14,22H,7-8,11H2,1-2H3. The number of aryl methyl sites for hydroxylation is 1. The summed E-state index contributed by atoms with van der Waals surface area (Å²) in [6.07, 6.45) is 1.60. The molecule has 0 saturated heterocycles. The van der Waals surface area contributed by atoms with E-state index in [0.717, 1.165) is 24.0 Å². The smallest absolute Gasteiger partial charge is 0.255 e. The third-order valence-corrected chi connectivity index (χ3v) is 6.75. The molecular formula is C19H20Cl2N2O3S. The number of rotatable bonds is 6. The molecule has 1 fully saturated rings. The quantitative estimate of drug-likeness (QED) is 0.758. The first kappa shape index (κ1) is 20.1. The van der Waals surface area contributed by atoms with Crippen LogP contribution in [0.5, 0.6) is 0 Å². The van der Waals surface area contributed by atoms with Crippen LogP contribution in [0.4, 0.5) is 0 Å². The molecule has 8 heteroatoms. The molecule has 1 aliphatic carbocycles. The Morgan fingerprint density at radius 1 is 1.19 bits per heavy atom. The first-order valence-electron chi connectivity index (χ1n) is 8.50. The van der Waals surface area contributed by atoms with Crippen molar-refractivity contribution >= 4 is 39.1 Å². The Bertz CT molecular complexity index is 988. The zero-order chi connectivity index (χ0) is 19.8. The summed E-state index contributed by atoms with van der Waals surface area (Å²) in [5, 5.41) is 0.110. The first-order valence-corrected chi connectivity index (χ1v) is 10.7. The molecule has 27 heavy (non-hydrogen) atoms. The van der Waals surface area contributed by atoms with E-state index in [0.29, 0.717) is 6.54 Å². The molecule has 144 valence electrons. The lowest BCUT2D eigenvalue weighted by molar-refractivity contribution is 0.0785. The summed E-state index contributed by atoms with van der Waals surface area (Å²) < 4.78 is 27.6. The van der Waals surface area contributed by atoms with Crippen LogP contribution in [0.25, 0.3) is 0 Å². The average Bonchev–Trinajstić information content (AvgIpc) is 3.39. The predicted molar refractivity (Wildman–Crippen MR) is 107 cm³/mol. The Morgan fingerprint density at radius 2 is 1.85 bits per heavy atom. The third kappa shape index (κ3) is 4.63. The van der Waals surface area contributed by atoms with Crippen LogP contribution in [0.2, 0.25) is 10.0 Å². The van der Waals surface area contributed by atoms with Gasteiger partial charge < -0.3 is 4.90 Å². The fraction of sp³-hybridized carbons (Fsp3) is 0.316. The molecule has 1 amide bonds. The molecule has 0 bridgehead atoms. The molecule has 2 aromatic carbocycles. The molecule has 0 radical (unpaired) electrons. The molecule has 3 rings (SSSR count). The molecule has 0 heterocycles. The summed E-state index contributed by atoms with van der Waals surface area (Å²) in [7, 11) is -2.15. The number of hydrogen-bond donors (Lipinski definition) is 1. The Hall–Kier alpha value is -1.60. The number of sulfonamides is 1. The summed E-state index contributed by atoms with van der Waals surface area (Å²) >= 11 is 12.3. The number of nitrogens with one attached hydrogen (secondary N) is 1. The molecule has 0 unspecified atom stereocenters. The molecule has 1 aliphatic rings. The SMILES string of the molecule is Cc1ccccc1CN(C)C(=O)c1cc(S(=O)(=O)NC2CC2)c(Cl)cc1Cl. The Kier molecular flexibility index (Phi) is 5.82. The van der Waals surface area contributed by atoms with Gasteiger partial charge in [0.2, 0.25) is 10.0 Å². The molecule has 0 spiro atoms. The second-order valence-corrected chi connectivity index (χ2v) is 9.24. The van der Waals surface area contributed by atoms with Crippen LogP contribution in [-0.4, -0.2) is 32.3 Å². The molecule has 0 aromatic heterocycles. The van der Waals surface area contributed by atoms with E-state index in [9.17, 15) is 13.2 Å². The third-order valence-electron chi connectivity index (χ3n) is 4.46. The van der Waals surface area contributed by atoms with E-state index in [-0.39, 0.29) is 32.5 Å². The highest BCUT2D eigenvalue weighted by molar-refractivity contribution is 7.89. The number of carbonyl (C=O) groups excluding carboxylic acids is 1. The molecule has 2 aromatic rings. The van der Waals surface area contributed by atoms with Crippen molar-refractivity contribution in [2.24, 2.45) is 0 Å². The van der Waals surface area contributed by atoms with Crippen molar-refractivity contribution in [3.8, 4) is 0 Å². The fourth-order valence-corrected chi connectivity index (χ4v) is 4.86. The van der Waals surface area contributed by atoms with Crippen LogP contribution in [0.15, 0.2) is 41.3 Å². The first-order chi connectivity index (χ1) is 12.7. The maximum Gasteiger partial charge on any atom is 0.255 e. The zero-order valence-corrected chi connectivity index (χ0v) is 17.3. The second-order valence-electron chi connectivity index (χ2n) is 6.75. The number of carbonyl (C=O) groups is 1. The summed E-state index contributed by atoms with van der Waals surface area (Å²) in [6, 6.07) is 10.2. The Labute approximate surface area is 169 Å². The van der Waals surface area contributed by atoms with Crippen molar-refractivity contribution < 1.29 is 13.2 Å². The van der Waals surface area contributed by atoms with Crippen LogP contribution in [-0.2, 0) is 16.6 Å². The van der Waals surface area contributed by atoms with E-state index >= 15 is 0 Å². The summed E-state index contributed by atoms with van der Waals surface area (Å²) in [5.41, 5.74) is 2.17. The van der Waals surface area contributed by atoms with Gasteiger partial charge in [-0.2, -0.15) is 0 Å². The molecule has 5 nitrogen and oxygen atoms in total. The maximum atomic E-state index is 12.9. The van der Waals surface area contributed by atoms with E-state index in [1.54, 1.807) is 7.05 Å². The summed E-state index contributed by atoms with van der Waals surface area (Å²) in [4.78, 5) is 14.3. The highest BCUT2D eigenvalue weighted by Crippen LogP contribution is 2.31. The number of halogens is 2. The zero-order valence-electron chi connectivity index (χ0n) is 15.0. The number of hydrogen-bond acceptors (Lipinski definition) is 3. The van der Waals surface area contributed by atoms with Gasteiger partial charge in [-0.1, -0.05) is 47.5 Å². The van der Waals surface area contributed by atoms with E-state index < -0.39 is 10.0 Å². The topological polar surface area (TPSA) is 66.5 Å². The van der Waals surface area contributed by atoms with Crippen molar-refractivity contribution in [1.29, 1.82) is 0 Å². The van der Waals surface area contributed by atoms with Crippen molar-refractivity contribution in [2.45, 2.75) is 37.2 Å². The summed E-state index contributed by atoms with van der Waals surface area (Å²) in [5.74, 6) is -0.372. The van der Waals surface area contributed by atoms with Gasteiger partial charge in [-0.15, -0.1) is 0 Å². The van der Waals surface area contributed by atoms with Crippen LogP contribution in [0, 0.1) is 6.92 Å². The minimum Gasteiger partial charge on any atom is -0.337 e. The highest BCUT2D eigenvalue weighted by Gasteiger charge is 2.30. The summed E-state index contributed by atoms with van der Waals surface area (Å²) in [6.45, 7) is 2.35. The van der Waals surface area contributed by atoms with Gasteiger partial charge in [0.05, 0.1) is 15.6 Å². The van der Waals surface area contributed by atoms with E-state index in [2.05, 4.69) is 4.72 Å². The largest absolute Gasteiger partial charge is 0.337 e. The molecule has 1 saturated carbocycles. The average molecular weight is 427 g/mol. The van der Waals surface area contributed by atoms with Gasteiger partial charge in [-0.25, -0.2) is 13.1 Å². The lowest BCUT2D eigenvalue weighted by Crippen LogP contribution is -2.29. The lowest BCUT2D eigenvalue weighted by Gasteiger charge is -2.20. The van der Waals surface area contributed by atoms with Crippen molar-refractivity contribution in [1.82, 2.24) is 9.62 Å². The monoisotopic (exact) mass is 426 g/mol. The van der Waals surface area contributed by atoms with Crippen molar-refractivity contribution in [3.05, 3.63) is 63.1 Å². The lowest BCUT2D eigenvalue weighted by atomic mass is 10.1.